The average molecular weight is 1560 g/mol. The van der Waals surface area contributed by atoms with Crippen LogP contribution in [0.4, 0.5) is 0 Å². The van der Waals surface area contributed by atoms with Gasteiger partial charge in [-0.3, -0.25) is 37.3 Å². The molecule has 8 atom stereocenters. The minimum absolute atomic E-state index is 0.106. The molecule has 0 amide bonds. The molecular formula is C88H172O17P2. The second kappa shape index (κ2) is 76.7. The summed E-state index contributed by atoms with van der Waals surface area (Å²) in [4.78, 5) is 73.2. The summed E-state index contributed by atoms with van der Waals surface area (Å²) in [5.74, 6) is 1.12. The van der Waals surface area contributed by atoms with Crippen molar-refractivity contribution in [3.63, 3.8) is 0 Å². The number of hydrogen-bond donors (Lipinski definition) is 3. The zero-order valence-electron chi connectivity index (χ0n) is 70.8. The highest BCUT2D eigenvalue weighted by molar-refractivity contribution is 7.47. The minimum Gasteiger partial charge on any atom is -0.462 e. The van der Waals surface area contributed by atoms with E-state index < -0.39 is 97.5 Å². The van der Waals surface area contributed by atoms with Crippen molar-refractivity contribution >= 4 is 39.5 Å². The summed E-state index contributed by atoms with van der Waals surface area (Å²) in [7, 11) is -9.93. The molecule has 0 fully saturated rings. The van der Waals surface area contributed by atoms with Crippen LogP contribution < -0.4 is 0 Å². The van der Waals surface area contributed by atoms with Gasteiger partial charge in [0, 0.05) is 25.7 Å². The fourth-order valence-corrected chi connectivity index (χ4v) is 15.2. The van der Waals surface area contributed by atoms with E-state index in [9.17, 15) is 43.2 Å². The van der Waals surface area contributed by atoms with E-state index in [0.717, 1.165) is 120 Å². The molecule has 17 nitrogen and oxygen atoms in total. The monoisotopic (exact) mass is 1560 g/mol. The number of hydrogen-bond acceptors (Lipinski definition) is 15. The lowest BCUT2D eigenvalue weighted by Gasteiger charge is -2.21. The normalized spacial score (nSPS) is 14.7. The fourth-order valence-electron chi connectivity index (χ4n) is 13.6. The fraction of sp³-hybridized carbons (Fsp3) is 0.955. The van der Waals surface area contributed by atoms with Crippen molar-refractivity contribution in [3.8, 4) is 0 Å². The van der Waals surface area contributed by atoms with Crippen LogP contribution in [0.1, 0.15) is 460 Å². The lowest BCUT2D eigenvalue weighted by molar-refractivity contribution is -0.161. The van der Waals surface area contributed by atoms with Gasteiger partial charge in [-0.25, -0.2) is 9.13 Å². The number of aliphatic hydroxyl groups excluding tert-OH is 1. The SMILES string of the molecule is CCC(C)CCCCCCCCCCCCCCCCCCCCC(=O)OC[C@H](COP(=O)(O)OC[C@@H](O)COP(=O)(O)OC[C@@H](COC(=O)CCCCCCCCC(C)CC)OC(=O)CCCCCCCCCCCCCCCCCCCCC(C)CC)OC(=O)CCCCCCCCCCCCC(C)C. The first-order valence-corrected chi connectivity index (χ1v) is 48.3. The molecule has 0 aliphatic heterocycles. The zero-order valence-corrected chi connectivity index (χ0v) is 72.6. The molecule has 0 rings (SSSR count). The molecule has 107 heavy (non-hydrogen) atoms. The third-order valence-corrected chi connectivity index (χ3v) is 23.6. The molecule has 19 heteroatoms. The molecule has 0 aromatic rings. The Morgan fingerprint density at radius 3 is 0.664 bits per heavy atom. The van der Waals surface area contributed by atoms with E-state index in [0.29, 0.717) is 25.7 Å². The van der Waals surface area contributed by atoms with E-state index in [4.69, 9.17) is 37.0 Å². The van der Waals surface area contributed by atoms with Crippen LogP contribution >= 0.6 is 15.6 Å². The highest BCUT2D eigenvalue weighted by atomic mass is 31.2. The Morgan fingerprint density at radius 1 is 0.262 bits per heavy atom. The van der Waals surface area contributed by atoms with Crippen LogP contribution in [-0.4, -0.2) is 96.7 Å². The Labute approximate surface area is 658 Å². The van der Waals surface area contributed by atoms with E-state index in [1.165, 1.54) is 257 Å². The van der Waals surface area contributed by atoms with Gasteiger partial charge < -0.3 is 33.8 Å². The third-order valence-electron chi connectivity index (χ3n) is 21.7. The number of esters is 4. The molecule has 3 N–H and O–H groups in total. The van der Waals surface area contributed by atoms with Crippen molar-refractivity contribution in [2.24, 2.45) is 23.7 Å². The van der Waals surface area contributed by atoms with Crippen LogP contribution in [-0.2, 0) is 65.4 Å². The number of rotatable bonds is 85. The average Bonchev–Trinajstić information content (AvgIpc) is 1.00. The molecule has 0 aromatic carbocycles. The van der Waals surface area contributed by atoms with Crippen molar-refractivity contribution in [1.29, 1.82) is 0 Å². The molecule has 0 saturated heterocycles. The van der Waals surface area contributed by atoms with Crippen molar-refractivity contribution in [2.45, 2.75) is 478 Å². The molecule has 636 valence electrons. The lowest BCUT2D eigenvalue weighted by Crippen LogP contribution is -2.30. The van der Waals surface area contributed by atoms with E-state index in [-0.39, 0.29) is 25.7 Å². The maximum atomic E-state index is 13.1. The van der Waals surface area contributed by atoms with Crippen molar-refractivity contribution < 1.29 is 80.2 Å². The van der Waals surface area contributed by atoms with Crippen molar-refractivity contribution in [3.05, 3.63) is 0 Å². The molecule has 0 radical (unpaired) electrons. The number of unbranched alkanes of at least 4 members (excludes halogenated alkanes) is 48. The van der Waals surface area contributed by atoms with Gasteiger partial charge in [-0.2, -0.15) is 0 Å². The number of ether oxygens (including phenoxy) is 4. The smallest absolute Gasteiger partial charge is 0.462 e. The van der Waals surface area contributed by atoms with E-state index in [1.807, 2.05) is 0 Å². The number of aliphatic hydroxyl groups is 1. The maximum Gasteiger partial charge on any atom is 0.472 e. The Morgan fingerprint density at radius 2 is 0.449 bits per heavy atom. The van der Waals surface area contributed by atoms with E-state index in [2.05, 4.69) is 55.4 Å². The summed E-state index contributed by atoms with van der Waals surface area (Å²) in [6, 6.07) is 0. The zero-order chi connectivity index (χ0) is 78.8. The predicted molar refractivity (Wildman–Crippen MR) is 441 cm³/mol. The molecule has 0 bridgehead atoms. The van der Waals surface area contributed by atoms with E-state index in [1.54, 1.807) is 0 Å². The van der Waals surface area contributed by atoms with Crippen molar-refractivity contribution in [2.75, 3.05) is 39.6 Å². The first kappa shape index (κ1) is 105. The molecule has 0 aromatic heterocycles. The first-order valence-electron chi connectivity index (χ1n) is 45.3. The summed E-state index contributed by atoms with van der Waals surface area (Å²) in [6.45, 7) is 14.4. The number of carbonyl (C=O) groups excluding carboxylic acids is 4. The van der Waals surface area contributed by atoms with Gasteiger partial charge >= 0.3 is 39.5 Å². The number of phosphoric acid groups is 2. The highest BCUT2D eigenvalue weighted by Crippen LogP contribution is 2.45. The Balaban J connectivity index is 5.15. The topological polar surface area (TPSA) is 237 Å². The summed E-state index contributed by atoms with van der Waals surface area (Å²) >= 11 is 0. The molecule has 5 unspecified atom stereocenters. The van der Waals surface area contributed by atoms with Crippen LogP contribution in [0.15, 0.2) is 0 Å². The van der Waals surface area contributed by atoms with Gasteiger partial charge in [0.2, 0.25) is 0 Å². The lowest BCUT2D eigenvalue weighted by atomic mass is 9.99. The van der Waals surface area contributed by atoms with Crippen LogP contribution in [0.5, 0.6) is 0 Å². The molecule has 0 heterocycles. The van der Waals surface area contributed by atoms with Gasteiger partial charge in [-0.05, 0) is 49.4 Å². The summed E-state index contributed by atoms with van der Waals surface area (Å²) < 4.78 is 68.9. The van der Waals surface area contributed by atoms with Gasteiger partial charge in [-0.15, -0.1) is 0 Å². The summed E-state index contributed by atoms with van der Waals surface area (Å²) in [5.41, 5.74) is 0. The number of carbonyl (C=O) groups is 4. The van der Waals surface area contributed by atoms with Crippen LogP contribution in [0.25, 0.3) is 0 Å². The van der Waals surface area contributed by atoms with Gasteiger partial charge in [0.1, 0.15) is 19.3 Å². The summed E-state index contributed by atoms with van der Waals surface area (Å²) in [6.07, 6.45) is 66.8. The van der Waals surface area contributed by atoms with Gasteiger partial charge in [0.05, 0.1) is 26.4 Å². The van der Waals surface area contributed by atoms with Crippen LogP contribution in [0, 0.1) is 23.7 Å². The molecule has 0 aliphatic rings. The predicted octanol–water partition coefficient (Wildman–Crippen LogP) is 26.7. The van der Waals surface area contributed by atoms with Gasteiger partial charge in [-0.1, -0.05) is 409 Å². The van der Waals surface area contributed by atoms with Gasteiger partial charge in [0.15, 0.2) is 12.2 Å². The van der Waals surface area contributed by atoms with E-state index >= 15 is 0 Å². The molecule has 0 spiro atoms. The first-order chi connectivity index (χ1) is 51.7. The second-order valence-electron chi connectivity index (χ2n) is 32.8. The maximum absolute atomic E-state index is 13.1. The second-order valence-corrected chi connectivity index (χ2v) is 35.7. The Bertz CT molecular complexity index is 2080. The molecular weight excluding hydrogens is 1390 g/mol. The molecule has 0 saturated carbocycles. The highest BCUT2D eigenvalue weighted by Gasteiger charge is 2.31. The Hall–Kier alpha value is -1.94. The Kier molecular flexibility index (Phi) is 75.3. The van der Waals surface area contributed by atoms with Gasteiger partial charge in [0.25, 0.3) is 0 Å². The minimum atomic E-state index is -4.97. The van der Waals surface area contributed by atoms with Crippen LogP contribution in [0.3, 0.4) is 0 Å². The number of phosphoric ester groups is 2. The molecule has 0 aliphatic carbocycles. The largest absolute Gasteiger partial charge is 0.472 e. The third kappa shape index (κ3) is 77.8. The van der Waals surface area contributed by atoms with Crippen molar-refractivity contribution in [1.82, 2.24) is 0 Å². The van der Waals surface area contributed by atoms with Crippen LogP contribution in [0.2, 0.25) is 0 Å². The summed E-state index contributed by atoms with van der Waals surface area (Å²) in [5, 5.41) is 10.7. The standard InChI is InChI=1S/C88H172O17P2/c1-9-79(6)65-57-49-41-35-28-24-20-16-12-14-18-22-26-30-37-43-52-60-68-85(90)98-74-83(104-88(93)71-63-55-45-39-33-32-34-40-48-56-64-78(4)5)76-102-106(94,95)100-72-82(89)73-101-107(96,97)103-77-84(75-99-86(91)69-61-53-47-46-51-59-67-81(8)11-3)105-87(92)70-62-54-44-38-31-27-23-19-15-13-17-21-25-29-36-42-50-58-66-80(7)10-2/h78-84,89H,9-77H2,1-8H3,(H,94,95)(H,96,97)/t79?,80?,81?,82-,83-,84-/m1/s1. The quantitative estimate of drug-likeness (QED) is 0.0222.